The van der Waals surface area contributed by atoms with Gasteiger partial charge in [0.15, 0.2) is 12.2 Å². The van der Waals surface area contributed by atoms with E-state index < -0.39 is 52.7 Å². The number of benzene rings is 3. The average molecular weight is 740 g/mol. The number of rotatable bonds is 18. The summed E-state index contributed by atoms with van der Waals surface area (Å²) >= 11 is 0. The summed E-state index contributed by atoms with van der Waals surface area (Å²) in [6, 6.07) is 17.7. The largest absolute Gasteiger partial charge is 0.493 e. The number of aromatic nitrogens is 3. The van der Waals surface area contributed by atoms with Crippen LogP contribution < -0.4 is 9.47 Å². The van der Waals surface area contributed by atoms with Gasteiger partial charge in [0, 0.05) is 31.1 Å². The fourth-order valence-electron chi connectivity index (χ4n) is 6.43. The third kappa shape index (κ3) is 10.0. The van der Waals surface area contributed by atoms with Crippen molar-refractivity contribution in [2.24, 2.45) is 0 Å². The zero-order chi connectivity index (χ0) is 37.4. The third-order valence-electron chi connectivity index (χ3n) is 8.79. The molecule has 1 aromatic heterocycles. The predicted octanol–water partition coefficient (Wildman–Crippen LogP) is 3.25. The summed E-state index contributed by atoms with van der Waals surface area (Å²) in [6.45, 7) is 1.26. The zero-order valence-corrected chi connectivity index (χ0v) is 28.8. The molecule has 0 amide bonds. The normalized spacial score (nSPS) is 20.5. The number of likely N-dealkylation sites (N-methyl/N-ethyl adjacent to an activating group) is 1. The molecule has 5 atom stereocenters. The summed E-state index contributed by atoms with van der Waals surface area (Å²) in [5, 5.41) is 25.4. The van der Waals surface area contributed by atoms with Crippen LogP contribution in [0.2, 0.25) is 0 Å². The van der Waals surface area contributed by atoms with Gasteiger partial charge >= 0.3 is 5.97 Å². The molecule has 0 saturated carbocycles. The van der Waals surface area contributed by atoms with Gasteiger partial charge in [-0.15, -0.1) is 10.1 Å². The molecule has 3 heterocycles. The molecule has 53 heavy (non-hydrogen) atoms. The SMILES string of the molecule is CN(Cc1ccc(OCCCOc2ccc(CC(=O)O[C@H]3CO[C@H]4[C@@H]3OC[C@H]4O[N+](=O)[O-])cc2)cc1)CC(O)(Cn1cncn1)c1ccc(F)cc1F. The molecule has 6 rings (SSSR count). The van der Waals surface area contributed by atoms with Gasteiger partial charge < -0.3 is 33.6 Å². The van der Waals surface area contributed by atoms with Gasteiger partial charge in [0.05, 0.1) is 39.4 Å². The maximum Gasteiger partial charge on any atom is 0.310 e. The molecule has 4 aromatic rings. The maximum absolute atomic E-state index is 14.8. The van der Waals surface area contributed by atoms with Gasteiger partial charge in [-0.1, -0.05) is 30.3 Å². The lowest BCUT2D eigenvalue weighted by Gasteiger charge is -2.33. The number of aliphatic hydroxyl groups is 1. The molecule has 3 aromatic carbocycles. The molecular weight excluding hydrogens is 700 g/mol. The lowest BCUT2D eigenvalue weighted by molar-refractivity contribution is -0.769. The van der Waals surface area contributed by atoms with Crippen LogP contribution in [0, 0.1) is 21.7 Å². The van der Waals surface area contributed by atoms with Crippen LogP contribution in [0.1, 0.15) is 23.1 Å². The summed E-state index contributed by atoms with van der Waals surface area (Å²) in [5.74, 6) is -0.745. The van der Waals surface area contributed by atoms with Crippen LogP contribution in [0.5, 0.6) is 11.5 Å². The minimum Gasteiger partial charge on any atom is -0.493 e. The van der Waals surface area contributed by atoms with E-state index in [1.165, 1.54) is 23.4 Å². The van der Waals surface area contributed by atoms with Crippen LogP contribution in [0.4, 0.5) is 8.78 Å². The smallest absolute Gasteiger partial charge is 0.310 e. The molecule has 282 valence electrons. The van der Waals surface area contributed by atoms with Gasteiger partial charge in [-0.25, -0.2) is 18.4 Å². The molecule has 15 nitrogen and oxygen atoms in total. The van der Waals surface area contributed by atoms with Crippen LogP contribution in [0.25, 0.3) is 0 Å². The molecule has 17 heteroatoms. The predicted molar refractivity (Wildman–Crippen MR) is 180 cm³/mol. The first-order valence-electron chi connectivity index (χ1n) is 16.9. The van der Waals surface area contributed by atoms with Gasteiger partial charge in [0.25, 0.3) is 5.09 Å². The first kappa shape index (κ1) is 37.5. The van der Waals surface area contributed by atoms with Crippen molar-refractivity contribution in [3.05, 3.63) is 118 Å². The Morgan fingerprint density at radius 3 is 2.26 bits per heavy atom. The molecule has 1 N–H and O–H groups in total. The minimum atomic E-state index is -1.71. The Bertz CT molecular complexity index is 1820. The molecule has 2 aliphatic heterocycles. The Labute approximate surface area is 303 Å². The van der Waals surface area contributed by atoms with Crippen LogP contribution in [0.15, 0.2) is 79.4 Å². The number of hydrogen-bond acceptors (Lipinski definition) is 13. The van der Waals surface area contributed by atoms with E-state index in [2.05, 4.69) is 14.9 Å². The van der Waals surface area contributed by atoms with Gasteiger partial charge in [-0.05, 0) is 48.5 Å². The number of ether oxygens (including phenoxy) is 5. The second-order valence-corrected chi connectivity index (χ2v) is 12.9. The zero-order valence-electron chi connectivity index (χ0n) is 28.8. The first-order chi connectivity index (χ1) is 25.5. The van der Waals surface area contributed by atoms with Crippen LogP contribution in [0.3, 0.4) is 0 Å². The number of esters is 1. The highest BCUT2D eigenvalue weighted by Gasteiger charge is 2.51. The van der Waals surface area contributed by atoms with Crippen LogP contribution in [-0.4, -0.2) is 100 Å². The van der Waals surface area contributed by atoms with E-state index in [1.807, 2.05) is 29.2 Å². The Morgan fingerprint density at radius 2 is 1.64 bits per heavy atom. The average Bonchev–Trinajstić information content (AvgIpc) is 3.86. The van der Waals surface area contributed by atoms with Gasteiger partial charge in [-0.2, -0.15) is 5.10 Å². The fourth-order valence-corrected chi connectivity index (χ4v) is 6.43. The van der Waals surface area contributed by atoms with Crippen molar-refractivity contribution in [2.45, 2.75) is 55.9 Å². The number of carbonyl (C=O) groups is 1. The van der Waals surface area contributed by atoms with Crippen molar-refractivity contribution in [1.82, 2.24) is 19.7 Å². The van der Waals surface area contributed by atoms with Crippen molar-refractivity contribution >= 4 is 5.97 Å². The minimum absolute atomic E-state index is 0.0154. The lowest BCUT2D eigenvalue weighted by Crippen LogP contribution is -2.43. The fraction of sp³-hybridized carbons (Fsp3) is 0.417. The number of halogens is 2. The Balaban J connectivity index is 0.894. The summed E-state index contributed by atoms with van der Waals surface area (Å²) < 4.78 is 58.0. The topological polar surface area (TPSA) is 170 Å². The Hall–Kier alpha value is -5.23. The molecule has 0 bridgehead atoms. The van der Waals surface area contributed by atoms with E-state index in [4.69, 9.17) is 23.7 Å². The lowest BCUT2D eigenvalue weighted by atomic mass is 9.92. The molecule has 0 radical (unpaired) electrons. The van der Waals surface area contributed by atoms with E-state index in [1.54, 1.807) is 31.3 Å². The number of carbonyl (C=O) groups excluding carboxylic acids is 1. The van der Waals surface area contributed by atoms with Gasteiger partial charge in [0.2, 0.25) is 0 Å². The van der Waals surface area contributed by atoms with E-state index in [9.17, 15) is 28.8 Å². The maximum atomic E-state index is 14.8. The molecule has 0 spiro atoms. The summed E-state index contributed by atoms with van der Waals surface area (Å²) in [6.07, 6.45) is 0.576. The number of fused-ring (bicyclic) bond motifs is 1. The van der Waals surface area contributed by atoms with E-state index >= 15 is 0 Å². The second-order valence-electron chi connectivity index (χ2n) is 12.9. The molecule has 1 unspecified atom stereocenters. The van der Waals surface area contributed by atoms with Crippen molar-refractivity contribution in [3.8, 4) is 11.5 Å². The van der Waals surface area contributed by atoms with Crippen LogP contribution in [-0.2, 0) is 49.0 Å². The van der Waals surface area contributed by atoms with Crippen molar-refractivity contribution in [2.75, 3.05) is 40.0 Å². The summed E-state index contributed by atoms with van der Waals surface area (Å²) in [4.78, 5) is 33.5. The van der Waals surface area contributed by atoms with Crippen molar-refractivity contribution in [1.29, 1.82) is 0 Å². The highest BCUT2D eigenvalue weighted by atomic mass is 19.1. The molecular formula is C36H39F2N5O10. The summed E-state index contributed by atoms with van der Waals surface area (Å²) in [7, 11) is 1.79. The van der Waals surface area contributed by atoms with E-state index in [-0.39, 0.29) is 38.3 Å². The third-order valence-corrected chi connectivity index (χ3v) is 8.79. The van der Waals surface area contributed by atoms with E-state index in [0.29, 0.717) is 37.7 Å². The Morgan fingerprint density at radius 1 is 1.00 bits per heavy atom. The first-order valence-corrected chi connectivity index (χ1v) is 16.9. The van der Waals surface area contributed by atoms with Crippen molar-refractivity contribution in [3.63, 3.8) is 0 Å². The van der Waals surface area contributed by atoms with Crippen LogP contribution >= 0.6 is 0 Å². The quantitative estimate of drug-likeness (QED) is 0.0684. The highest BCUT2D eigenvalue weighted by molar-refractivity contribution is 5.73. The van der Waals surface area contributed by atoms with Crippen molar-refractivity contribution < 1.29 is 52.3 Å². The number of nitrogens with zero attached hydrogens (tertiary/aromatic N) is 5. The van der Waals surface area contributed by atoms with Gasteiger partial charge in [-0.3, -0.25) is 9.69 Å². The second kappa shape index (κ2) is 17.1. The standard InChI is InChI=1S/C36H39F2N5O10/c1-41(20-36(45,21-42-23-39-22-40-42)29-12-7-26(37)16-30(29)38)17-25-5-10-28(11-6-25)49-14-2-13-48-27-8-3-24(4-9-27)15-33(44)52-31-18-50-35-32(53-43(46)47)19-51-34(31)35/h3-12,16,22-23,31-32,34-35,45H,2,13-15,17-21H2,1H3/t31-,32+,34+,35+,36?/m0/s1. The molecule has 2 saturated heterocycles. The molecule has 0 aliphatic carbocycles. The van der Waals surface area contributed by atoms with E-state index in [0.717, 1.165) is 23.3 Å². The Kier molecular flexibility index (Phi) is 12.1. The molecule has 2 fully saturated rings. The molecule has 2 aliphatic rings. The highest BCUT2D eigenvalue weighted by Crippen LogP contribution is 2.31. The monoisotopic (exact) mass is 739 g/mol. The summed E-state index contributed by atoms with van der Waals surface area (Å²) in [5.41, 5.74) is -0.0921. The van der Waals surface area contributed by atoms with Gasteiger partial charge in [0.1, 0.15) is 53.6 Å². The number of hydrogen-bond donors (Lipinski definition) is 1.